The first-order valence-electron chi connectivity index (χ1n) is 10.4. The Morgan fingerprint density at radius 1 is 1.21 bits per heavy atom. The summed E-state index contributed by atoms with van der Waals surface area (Å²) >= 11 is 0. The van der Waals surface area contributed by atoms with Gasteiger partial charge in [0.05, 0.1) is 18.2 Å². The third-order valence-corrected chi connectivity index (χ3v) is 6.94. The minimum atomic E-state index is -0.257. The van der Waals surface area contributed by atoms with Crippen molar-refractivity contribution in [2.75, 3.05) is 33.7 Å². The van der Waals surface area contributed by atoms with E-state index in [0.29, 0.717) is 30.0 Å². The molecule has 3 aliphatic heterocycles. The lowest BCUT2D eigenvalue weighted by molar-refractivity contribution is 0.00256. The second-order valence-corrected chi connectivity index (χ2v) is 9.07. The van der Waals surface area contributed by atoms with E-state index in [1.807, 2.05) is 35.2 Å². The van der Waals surface area contributed by atoms with Crippen LogP contribution < -0.4 is 0 Å². The molecule has 3 aliphatic rings. The maximum atomic E-state index is 13.5. The molecule has 1 spiro atoms. The SMILES string of the molecule is CN(C)C[C@H]1[C@@H]2CC[C@@]3(CN(C(=O)c4ccc(-c5cccc(F)c5)cc4)C[C@@H]13)O2. The van der Waals surface area contributed by atoms with Crippen LogP contribution in [0.25, 0.3) is 11.1 Å². The van der Waals surface area contributed by atoms with Crippen molar-refractivity contribution in [1.82, 2.24) is 9.80 Å². The van der Waals surface area contributed by atoms with Gasteiger partial charge in [-0.1, -0.05) is 24.3 Å². The number of nitrogens with zero attached hydrogens (tertiary/aromatic N) is 2. The average molecular weight is 394 g/mol. The average Bonchev–Trinajstić information content (AvgIpc) is 3.37. The number of carbonyl (C=O) groups is 1. The number of carbonyl (C=O) groups excluding carboxylic acids is 1. The summed E-state index contributed by atoms with van der Waals surface area (Å²) in [6.45, 7) is 2.49. The highest BCUT2D eigenvalue weighted by Gasteiger charge is 2.63. The summed E-state index contributed by atoms with van der Waals surface area (Å²) in [7, 11) is 4.22. The van der Waals surface area contributed by atoms with E-state index in [9.17, 15) is 9.18 Å². The zero-order valence-corrected chi connectivity index (χ0v) is 17.0. The Kier molecular flexibility index (Phi) is 4.48. The van der Waals surface area contributed by atoms with Crippen LogP contribution in [-0.4, -0.2) is 61.1 Å². The van der Waals surface area contributed by atoms with Crippen LogP contribution in [0, 0.1) is 17.7 Å². The normalized spacial score (nSPS) is 30.2. The Bertz CT molecular complexity index is 929. The quantitative estimate of drug-likeness (QED) is 0.793. The van der Waals surface area contributed by atoms with E-state index < -0.39 is 0 Å². The molecule has 2 aromatic carbocycles. The molecule has 4 nitrogen and oxygen atoms in total. The van der Waals surface area contributed by atoms with Gasteiger partial charge in [-0.3, -0.25) is 4.79 Å². The second kappa shape index (κ2) is 6.92. The van der Waals surface area contributed by atoms with Gasteiger partial charge >= 0.3 is 0 Å². The van der Waals surface area contributed by atoms with Crippen LogP contribution in [0.2, 0.25) is 0 Å². The molecule has 2 bridgehead atoms. The summed E-state index contributed by atoms with van der Waals surface area (Å²) in [6, 6.07) is 14.0. The molecule has 152 valence electrons. The zero-order chi connectivity index (χ0) is 20.2. The maximum Gasteiger partial charge on any atom is 0.253 e. The van der Waals surface area contributed by atoms with Crippen molar-refractivity contribution < 1.29 is 13.9 Å². The molecule has 1 amide bonds. The highest BCUT2D eigenvalue weighted by atomic mass is 19.1. The van der Waals surface area contributed by atoms with Gasteiger partial charge < -0.3 is 14.5 Å². The summed E-state index contributed by atoms with van der Waals surface area (Å²) < 4.78 is 19.9. The van der Waals surface area contributed by atoms with E-state index >= 15 is 0 Å². The fourth-order valence-electron chi connectivity index (χ4n) is 5.67. The Hall–Kier alpha value is -2.24. The molecule has 3 heterocycles. The summed E-state index contributed by atoms with van der Waals surface area (Å²) in [5.41, 5.74) is 2.27. The lowest BCUT2D eigenvalue weighted by atomic mass is 9.73. The van der Waals surface area contributed by atoms with Crippen LogP contribution in [0.3, 0.4) is 0 Å². The first kappa shape index (κ1) is 18.8. The molecule has 0 aliphatic carbocycles. The Labute approximate surface area is 171 Å². The van der Waals surface area contributed by atoms with Crippen molar-refractivity contribution in [3.63, 3.8) is 0 Å². The van der Waals surface area contributed by atoms with Gasteiger partial charge in [0.1, 0.15) is 5.82 Å². The number of hydrogen-bond donors (Lipinski definition) is 0. The minimum Gasteiger partial charge on any atom is -0.369 e. The van der Waals surface area contributed by atoms with Crippen LogP contribution in [0.15, 0.2) is 48.5 Å². The van der Waals surface area contributed by atoms with Crippen molar-refractivity contribution in [2.24, 2.45) is 11.8 Å². The molecule has 3 fully saturated rings. The van der Waals surface area contributed by atoms with Crippen LogP contribution in [-0.2, 0) is 4.74 Å². The molecule has 0 aromatic heterocycles. The van der Waals surface area contributed by atoms with E-state index in [4.69, 9.17) is 4.74 Å². The predicted octanol–water partition coefficient (Wildman–Crippen LogP) is 3.67. The Morgan fingerprint density at radius 2 is 2.00 bits per heavy atom. The van der Waals surface area contributed by atoms with Crippen molar-refractivity contribution in [3.8, 4) is 11.1 Å². The number of fused-ring (bicyclic) bond motifs is 1. The number of ether oxygens (including phenoxy) is 1. The minimum absolute atomic E-state index is 0.0650. The molecule has 5 heteroatoms. The lowest BCUT2D eigenvalue weighted by Crippen LogP contribution is -2.40. The maximum absolute atomic E-state index is 13.5. The van der Waals surface area contributed by atoms with Gasteiger partial charge in [0.25, 0.3) is 5.91 Å². The third kappa shape index (κ3) is 3.17. The summed E-state index contributed by atoms with van der Waals surface area (Å²) in [5.74, 6) is 0.744. The zero-order valence-electron chi connectivity index (χ0n) is 17.0. The monoisotopic (exact) mass is 394 g/mol. The first-order chi connectivity index (χ1) is 13.9. The molecule has 3 saturated heterocycles. The van der Waals surface area contributed by atoms with Crippen molar-refractivity contribution in [2.45, 2.75) is 24.5 Å². The molecule has 5 rings (SSSR count). The van der Waals surface area contributed by atoms with Gasteiger partial charge in [-0.05, 0) is 62.3 Å². The van der Waals surface area contributed by atoms with Gasteiger partial charge in [0.2, 0.25) is 0 Å². The molecular formula is C24H27FN2O2. The smallest absolute Gasteiger partial charge is 0.253 e. The molecule has 29 heavy (non-hydrogen) atoms. The van der Waals surface area contributed by atoms with Crippen LogP contribution in [0.4, 0.5) is 4.39 Å². The van der Waals surface area contributed by atoms with E-state index in [1.165, 1.54) is 12.1 Å². The van der Waals surface area contributed by atoms with Crippen LogP contribution in [0.5, 0.6) is 0 Å². The van der Waals surface area contributed by atoms with Gasteiger partial charge in [-0.25, -0.2) is 4.39 Å². The van der Waals surface area contributed by atoms with Crippen molar-refractivity contribution in [1.29, 1.82) is 0 Å². The fraction of sp³-hybridized carbons (Fsp3) is 0.458. The molecule has 0 radical (unpaired) electrons. The molecule has 0 unspecified atom stereocenters. The van der Waals surface area contributed by atoms with Gasteiger partial charge in [0, 0.05) is 30.5 Å². The van der Waals surface area contributed by atoms with E-state index in [2.05, 4.69) is 19.0 Å². The number of benzene rings is 2. The second-order valence-electron chi connectivity index (χ2n) is 9.07. The summed E-state index contributed by atoms with van der Waals surface area (Å²) in [4.78, 5) is 17.4. The molecule has 2 aromatic rings. The van der Waals surface area contributed by atoms with Crippen LogP contribution >= 0.6 is 0 Å². The third-order valence-electron chi connectivity index (χ3n) is 6.94. The highest BCUT2D eigenvalue weighted by Crippen LogP contribution is 2.55. The van der Waals surface area contributed by atoms with E-state index in [1.54, 1.807) is 6.07 Å². The number of rotatable bonds is 4. The van der Waals surface area contributed by atoms with Gasteiger partial charge in [0.15, 0.2) is 0 Å². The van der Waals surface area contributed by atoms with Crippen molar-refractivity contribution >= 4 is 5.91 Å². The topological polar surface area (TPSA) is 32.8 Å². The standard InChI is InChI=1S/C24H27FN2O2/c1-26(2)13-20-21-14-27(15-24(21)11-10-22(20)29-24)23(28)17-8-6-16(7-9-17)18-4-3-5-19(25)12-18/h3-9,12,20-22H,10-11,13-15H2,1-2H3/t20-,21+,22+,24+/m1/s1. The predicted molar refractivity (Wildman–Crippen MR) is 110 cm³/mol. The largest absolute Gasteiger partial charge is 0.369 e. The Morgan fingerprint density at radius 3 is 2.72 bits per heavy atom. The van der Waals surface area contributed by atoms with Crippen LogP contribution in [0.1, 0.15) is 23.2 Å². The number of likely N-dealkylation sites (tertiary alicyclic amines) is 1. The van der Waals surface area contributed by atoms with E-state index in [-0.39, 0.29) is 17.3 Å². The first-order valence-corrected chi connectivity index (χ1v) is 10.4. The molecular weight excluding hydrogens is 367 g/mol. The molecule has 0 N–H and O–H groups in total. The van der Waals surface area contributed by atoms with Crippen molar-refractivity contribution in [3.05, 3.63) is 59.9 Å². The number of halogens is 1. The highest BCUT2D eigenvalue weighted by molar-refractivity contribution is 5.95. The fourth-order valence-corrected chi connectivity index (χ4v) is 5.67. The molecule has 0 saturated carbocycles. The summed E-state index contributed by atoms with van der Waals surface area (Å²) in [6.07, 6.45) is 2.53. The van der Waals surface area contributed by atoms with Gasteiger partial charge in [-0.15, -0.1) is 0 Å². The number of amides is 1. The Balaban J connectivity index is 1.33. The number of hydrogen-bond acceptors (Lipinski definition) is 3. The van der Waals surface area contributed by atoms with E-state index in [0.717, 1.165) is 37.1 Å². The van der Waals surface area contributed by atoms with Gasteiger partial charge in [-0.2, -0.15) is 0 Å². The summed E-state index contributed by atoms with van der Waals surface area (Å²) in [5, 5.41) is 0. The lowest BCUT2D eigenvalue weighted by Gasteiger charge is -2.30. The molecule has 4 atom stereocenters.